The van der Waals surface area contributed by atoms with Crippen molar-refractivity contribution in [1.82, 2.24) is 4.90 Å². The van der Waals surface area contributed by atoms with Crippen LogP contribution in [0.5, 0.6) is 0 Å². The molecule has 0 bridgehead atoms. The minimum Gasteiger partial charge on any atom is -0.449 e. The molecule has 2 unspecified atom stereocenters. The van der Waals surface area contributed by atoms with Crippen LogP contribution in [0, 0.1) is 5.92 Å². The van der Waals surface area contributed by atoms with E-state index in [-0.39, 0.29) is 6.09 Å². The lowest BCUT2D eigenvalue weighted by Crippen LogP contribution is -2.44. The van der Waals surface area contributed by atoms with Crippen LogP contribution in [0.3, 0.4) is 0 Å². The van der Waals surface area contributed by atoms with E-state index in [9.17, 15) is 4.79 Å². The van der Waals surface area contributed by atoms with Gasteiger partial charge in [0.2, 0.25) is 0 Å². The predicted molar refractivity (Wildman–Crippen MR) is 96.5 cm³/mol. The number of nitrogens with zero attached hydrogens (tertiary/aromatic N) is 1. The number of nitrogens with two attached hydrogens (primary N) is 1. The van der Waals surface area contributed by atoms with Crippen LogP contribution >= 0.6 is 0 Å². The fourth-order valence-corrected chi connectivity index (χ4v) is 3.41. The van der Waals surface area contributed by atoms with Gasteiger partial charge in [0.15, 0.2) is 0 Å². The molecule has 2 N–H and O–H groups in total. The molecule has 0 radical (unpaired) electrons. The number of hydrogen-bond acceptors (Lipinski definition) is 3. The van der Waals surface area contributed by atoms with Crippen molar-refractivity contribution in [2.24, 2.45) is 11.7 Å². The summed E-state index contributed by atoms with van der Waals surface area (Å²) < 4.78 is 5.28. The van der Waals surface area contributed by atoms with Gasteiger partial charge in [-0.05, 0) is 44.9 Å². The van der Waals surface area contributed by atoms with Crippen LogP contribution in [0.2, 0.25) is 0 Å². The quantitative estimate of drug-likeness (QED) is 0.761. The Bertz CT molecular complexity index is 316. The van der Waals surface area contributed by atoms with Crippen molar-refractivity contribution >= 4 is 6.09 Å². The van der Waals surface area contributed by atoms with Crippen LogP contribution < -0.4 is 5.73 Å². The number of carbonyl (C=O) groups excluding carboxylic acids is 1. The van der Waals surface area contributed by atoms with Gasteiger partial charge >= 0.3 is 6.09 Å². The first-order valence-electron chi connectivity index (χ1n) is 9.73. The topological polar surface area (TPSA) is 55.6 Å². The van der Waals surface area contributed by atoms with E-state index < -0.39 is 0 Å². The first kappa shape index (κ1) is 20.3. The number of unbranched alkanes of at least 4 members (excludes halogenated alkanes) is 2. The Morgan fingerprint density at radius 2 is 1.83 bits per heavy atom. The second kappa shape index (κ2) is 11.7. The minimum atomic E-state index is -0.115. The molecule has 1 aliphatic carbocycles. The van der Waals surface area contributed by atoms with E-state index in [0.29, 0.717) is 18.7 Å². The lowest BCUT2D eigenvalue weighted by molar-refractivity contribution is 0.0673. The Kier molecular flexibility index (Phi) is 10.3. The first-order valence-corrected chi connectivity index (χ1v) is 9.73. The summed E-state index contributed by atoms with van der Waals surface area (Å²) in [6.45, 7) is 7.94. The number of ether oxygens (including phenoxy) is 1. The third-order valence-corrected chi connectivity index (χ3v) is 5.00. The second-order valence-corrected chi connectivity index (χ2v) is 7.39. The second-order valence-electron chi connectivity index (χ2n) is 7.39. The van der Waals surface area contributed by atoms with Crippen molar-refractivity contribution in [2.75, 3.05) is 13.2 Å². The maximum Gasteiger partial charge on any atom is 0.409 e. The van der Waals surface area contributed by atoms with Gasteiger partial charge in [0, 0.05) is 18.6 Å². The molecule has 1 heterocycles. The van der Waals surface area contributed by atoms with Crippen LogP contribution in [0.4, 0.5) is 4.79 Å². The fourth-order valence-electron chi connectivity index (χ4n) is 3.41. The summed E-state index contributed by atoms with van der Waals surface area (Å²) in [6.07, 6.45) is 12.0. The highest BCUT2D eigenvalue weighted by Gasteiger charge is 2.27. The van der Waals surface area contributed by atoms with E-state index in [1.807, 2.05) is 4.90 Å². The molecule has 136 valence electrons. The smallest absolute Gasteiger partial charge is 0.409 e. The molecule has 23 heavy (non-hydrogen) atoms. The van der Waals surface area contributed by atoms with Gasteiger partial charge in [-0.15, -0.1) is 0 Å². The zero-order valence-corrected chi connectivity index (χ0v) is 15.6. The molecule has 0 aromatic heterocycles. The minimum absolute atomic E-state index is 0.115. The van der Waals surface area contributed by atoms with Gasteiger partial charge in [0.1, 0.15) is 0 Å². The van der Waals surface area contributed by atoms with Gasteiger partial charge in [-0.25, -0.2) is 4.79 Å². The standard InChI is InChI=1S/C13H25NO2.C6H13N/c1-4-5-6-9-16-13(15)14-8-7-11(2)10-12(14)3;7-6-4-2-1-3-5-6/h11-12H,4-10H2,1-3H3;6H,1-5,7H2. The maximum absolute atomic E-state index is 11.8. The summed E-state index contributed by atoms with van der Waals surface area (Å²) in [4.78, 5) is 13.7. The average Bonchev–Trinajstić information content (AvgIpc) is 2.53. The Balaban J connectivity index is 0.000000313. The van der Waals surface area contributed by atoms with E-state index in [1.54, 1.807) is 0 Å². The van der Waals surface area contributed by atoms with Gasteiger partial charge in [-0.2, -0.15) is 0 Å². The number of carbonyl (C=O) groups is 1. The van der Waals surface area contributed by atoms with Gasteiger partial charge < -0.3 is 15.4 Å². The SMILES string of the molecule is CCCCCOC(=O)N1CCC(C)CC1C.NC1CCCCC1. The summed E-state index contributed by atoms with van der Waals surface area (Å²) in [6, 6.07) is 0.871. The number of hydrogen-bond donors (Lipinski definition) is 1. The molecule has 2 atom stereocenters. The summed E-state index contributed by atoms with van der Waals surface area (Å²) in [5.74, 6) is 0.735. The van der Waals surface area contributed by atoms with E-state index >= 15 is 0 Å². The lowest BCUT2D eigenvalue weighted by Gasteiger charge is -2.35. The van der Waals surface area contributed by atoms with Crippen molar-refractivity contribution < 1.29 is 9.53 Å². The van der Waals surface area contributed by atoms with Crippen LogP contribution in [0.25, 0.3) is 0 Å². The van der Waals surface area contributed by atoms with E-state index in [0.717, 1.165) is 44.6 Å². The first-order chi connectivity index (χ1) is 11.0. The molecule has 4 nitrogen and oxygen atoms in total. The zero-order chi connectivity index (χ0) is 17.1. The summed E-state index contributed by atoms with van der Waals surface area (Å²) in [5.41, 5.74) is 5.63. The molecular weight excluding hydrogens is 288 g/mol. The molecule has 0 spiro atoms. The van der Waals surface area contributed by atoms with Crippen molar-refractivity contribution in [2.45, 2.75) is 97.1 Å². The van der Waals surface area contributed by atoms with Crippen LogP contribution in [0.1, 0.15) is 85.0 Å². The molecule has 2 fully saturated rings. The highest BCUT2D eigenvalue weighted by atomic mass is 16.6. The normalized spacial score (nSPS) is 25.5. The monoisotopic (exact) mass is 326 g/mol. The van der Waals surface area contributed by atoms with Crippen molar-refractivity contribution in [1.29, 1.82) is 0 Å². The van der Waals surface area contributed by atoms with Gasteiger partial charge in [0.25, 0.3) is 0 Å². The molecule has 2 rings (SSSR count). The number of amides is 1. The summed E-state index contributed by atoms with van der Waals surface area (Å²) in [7, 11) is 0. The van der Waals surface area contributed by atoms with Gasteiger partial charge in [-0.1, -0.05) is 46.0 Å². The molecule has 1 amide bonds. The predicted octanol–water partition coefficient (Wildman–Crippen LogP) is 4.71. The Morgan fingerprint density at radius 1 is 1.13 bits per heavy atom. The Morgan fingerprint density at radius 3 is 2.35 bits per heavy atom. The van der Waals surface area contributed by atoms with Crippen LogP contribution in [-0.2, 0) is 4.74 Å². The largest absolute Gasteiger partial charge is 0.449 e. The van der Waals surface area contributed by atoms with Crippen LogP contribution in [0.15, 0.2) is 0 Å². The Labute approximate surface area is 143 Å². The third-order valence-electron chi connectivity index (χ3n) is 5.00. The maximum atomic E-state index is 11.8. The van der Waals surface area contributed by atoms with Crippen molar-refractivity contribution in [3.63, 3.8) is 0 Å². The molecule has 1 aliphatic heterocycles. The zero-order valence-electron chi connectivity index (χ0n) is 15.6. The molecule has 0 aromatic rings. The fraction of sp³-hybridized carbons (Fsp3) is 0.947. The number of piperidine rings is 1. The molecule has 1 saturated heterocycles. The van der Waals surface area contributed by atoms with Gasteiger partial charge in [-0.3, -0.25) is 0 Å². The number of likely N-dealkylation sites (tertiary alicyclic amines) is 1. The van der Waals surface area contributed by atoms with E-state index in [2.05, 4.69) is 20.8 Å². The molecule has 1 saturated carbocycles. The molecule has 0 aromatic carbocycles. The Hall–Kier alpha value is -0.770. The molecule has 4 heteroatoms. The van der Waals surface area contributed by atoms with Gasteiger partial charge in [0.05, 0.1) is 6.61 Å². The van der Waals surface area contributed by atoms with Crippen LogP contribution in [-0.4, -0.2) is 36.2 Å². The third kappa shape index (κ3) is 8.59. The van der Waals surface area contributed by atoms with Crippen molar-refractivity contribution in [3.05, 3.63) is 0 Å². The van der Waals surface area contributed by atoms with E-state index in [1.165, 1.54) is 32.1 Å². The van der Waals surface area contributed by atoms with E-state index in [4.69, 9.17) is 10.5 Å². The average molecular weight is 327 g/mol. The van der Waals surface area contributed by atoms with Crippen molar-refractivity contribution in [3.8, 4) is 0 Å². The summed E-state index contributed by atoms with van der Waals surface area (Å²) in [5, 5.41) is 0. The lowest BCUT2D eigenvalue weighted by atomic mass is 9.94. The number of rotatable bonds is 4. The highest BCUT2D eigenvalue weighted by Crippen LogP contribution is 2.22. The molecule has 2 aliphatic rings. The summed E-state index contributed by atoms with van der Waals surface area (Å²) >= 11 is 0. The highest BCUT2D eigenvalue weighted by molar-refractivity contribution is 5.68. The molecular formula is C19H38N2O2.